The molecule has 1 aliphatic carbocycles. The van der Waals surface area contributed by atoms with Gasteiger partial charge in [-0.25, -0.2) is 4.98 Å². The molecular formula is C12H14N2O. The number of aliphatic hydroxyl groups excluding tert-OH is 1. The van der Waals surface area contributed by atoms with Crippen LogP contribution in [0.1, 0.15) is 18.5 Å². The van der Waals surface area contributed by atoms with Crippen LogP contribution in [0.3, 0.4) is 0 Å². The smallest absolute Gasteiger partial charge is 0.136 e. The Morgan fingerprint density at radius 1 is 1.40 bits per heavy atom. The molecule has 0 amide bonds. The Labute approximate surface area is 88.4 Å². The predicted octanol–water partition coefficient (Wildman–Crippen LogP) is 1.65. The summed E-state index contributed by atoms with van der Waals surface area (Å²) in [6, 6.07) is 5.99. The number of rotatable bonds is 3. The van der Waals surface area contributed by atoms with Crippen LogP contribution in [-0.4, -0.2) is 21.1 Å². The fourth-order valence-electron chi connectivity index (χ4n) is 2.02. The van der Waals surface area contributed by atoms with Crippen molar-refractivity contribution in [1.82, 2.24) is 9.38 Å². The van der Waals surface area contributed by atoms with E-state index in [0.717, 1.165) is 30.6 Å². The average Bonchev–Trinajstić information content (AvgIpc) is 2.91. The van der Waals surface area contributed by atoms with Crippen LogP contribution in [-0.2, 0) is 6.42 Å². The zero-order valence-electron chi connectivity index (χ0n) is 8.56. The maximum absolute atomic E-state index is 9.26. The molecular weight excluding hydrogens is 188 g/mol. The molecule has 0 atom stereocenters. The lowest BCUT2D eigenvalue weighted by Crippen LogP contribution is -2.10. The van der Waals surface area contributed by atoms with Gasteiger partial charge in [0, 0.05) is 19.0 Å². The molecule has 3 nitrogen and oxygen atoms in total. The highest BCUT2D eigenvalue weighted by atomic mass is 16.3. The molecule has 1 saturated carbocycles. The van der Waals surface area contributed by atoms with Crippen molar-refractivity contribution >= 4 is 5.65 Å². The molecule has 2 aromatic heterocycles. The van der Waals surface area contributed by atoms with Crippen LogP contribution in [0, 0.1) is 5.41 Å². The molecule has 1 N–H and O–H groups in total. The van der Waals surface area contributed by atoms with Crippen molar-refractivity contribution < 1.29 is 5.11 Å². The van der Waals surface area contributed by atoms with Crippen molar-refractivity contribution in [2.45, 2.75) is 19.3 Å². The molecule has 2 aromatic rings. The SMILES string of the molecule is OCC1(Cc2cn3ccccc3n2)CC1. The summed E-state index contributed by atoms with van der Waals surface area (Å²) in [5, 5.41) is 9.26. The summed E-state index contributed by atoms with van der Waals surface area (Å²) in [6.45, 7) is 0.293. The molecule has 1 aliphatic rings. The minimum Gasteiger partial charge on any atom is -0.396 e. The van der Waals surface area contributed by atoms with Gasteiger partial charge in [0.1, 0.15) is 5.65 Å². The van der Waals surface area contributed by atoms with Crippen LogP contribution >= 0.6 is 0 Å². The van der Waals surface area contributed by atoms with E-state index in [9.17, 15) is 5.11 Å². The average molecular weight is 202 g/mol. The molecule has 0 bridgehead atoms. The van der Waals surface area contributed by atoms with Crippen LogP contribution in [0.15, 0.2) is 30.6 Å². The first kappa shape index (κ1) is 8.92. The number of hydrogen-bond donors (Lipinski definition) is 1. The third-order valence-electron chi connectivity index (χ3n) is 3.26. The highest BCUT2D eigenvalue weighted by Gasteiger charge is 2.42. The Hall–Kier alpha value is -1.35. The van der Waals surface area contributed by atoms with Crippen molar-refractivity contribution in [3.63, 3.8) is 0 Å². The summed E-state index contributed by atoms with van der Waals surface area (Å²) in [6.07, 6.45) is 7.25. The summed E-state index contributed by atoms with van der Waals surface area (Å²) in [5.74, 6) is 0. The molecule has 1 fully saturated rings. The molecule has 0 saturated heterocycles. The van der Waals surface area contributed by atoms with Gasteiger partial charge < -0.3 is 9.51 Å². The second kappa shape index (κ2) is 3.07. The lowest BCUT2D eigenvalue weighted by atomic mass is 10.0. The Morgan fingerprint density at radius 3 is 2.93 bits per heavy atom. The number of imidazole rings is 1. The van der Waals surface area contributed by atoms with E-state index in [2.05, 4.69) is 11.2 Å². The third-order valence-corrected chi connectivity index (χ3v) is 3.26. The Balaban J connectivity index is 1.92. The van der Waals surface area contributed by atoms with E-state index < -0.39 is 0 Å². The Morgan fingerprint density at radius 2 is 2.27 bits per heavy atom. The van der Waals surface area contributed by atoms with Crippen molar-refractivity contribution in [3.05, 3.63) is 36.3 Å². The summed E-state index contributed by atoms with van der Waals surface area (Å²) < 4.78 is 2.03. The standard InChI is InChI=1S/C12H14N2O/c15-9-12(4-5-12)7-10-8-14-6-2-1-3-11(14)13-10/h1-3,6,8,15H,4-5,7,9H2. The van der Waals surface area contributed by atoms with Gasteiger partial charge in [0.05, 0.1) is 5.69 Å². The van der Waals surface area contributed by atoms with Crippen LogP contribution in [0.2, 0.25) is 0 Å². The fourth-order valence-corrected chi connectivity index (χ4v) is 2.02. The second-order valence-corrected chi connectivity index (χ2v) is 4.53. The number of fused-ring (bicyclic) bond motifs is 1. The molecule has 0 aliphatic heterocycles. The van der Waals surface area contributed by atoms with Gasteiger partial charge in [-0.15, -0.1) is 0 Å². The summed E-state index contributed by atoms with van der Waals surface area (Å²) in [4.78, 5) is 4.54. The first-order valence-electron chi connectivity index (χ1n) is 5.35. The highest BCUT2D eigenvalue weighted by Crippen LogP contribution is 2.47. The molecule has 0 aromatic carbocycles. The van der Waals surface area contributed by atoms with E-state index in [0.29, 0.717) is 6.61 Å². The van der Waals surface area contributed by atoms with Crippen LogP contribution in [0.25, 0.3) is 5.65 Å². The summed E-state index contributed by atoms with van der Waals surface area (Å²) in [7, 11) is 0. The van der Waals surface area contributed by atoms with Gasteiger partial charge in [-0.3, -0.25) is 0 Å². The molecule has 2 heterocycles. The maximum Gasteiger partial charge on any atom is 0.136 e. The maximum atomic E-state index is 9.26. The number of hydrogen-bond acceptors (Lipinski definition) is 2. The van der Waals surface area contributed by atoms with Crippen LogP contribution in [0.5, 0.6) is 0 Å². The molecule has 0 spiro atoms. The van der Waals surface area contributed by atoms with Gasteiger partial charge in [0.15, 0.2) is 0 Å². The van der Waals surface area contributed by atoms with Gasteiger partial charge in [-0.05, 0) is 36.8 Å². The second-order valence-electron chi connectivity index (χ2n) is 4.53. The van der Waals surface area contributed by atoms with Gasteiger partial charge >= 0.3 is 0 Å². The zero-order valence-corrected chi connectivity index (χ0v) is 8.56. The molecule has 3 rings (SSSR count). The Bertz CT molecular complexity index is 452. The quantitative estimate of drug-likeness (QED) is 0.821. The van der Waals surface area contributed by atoms with E-state index in [1.54, 1.807) is 0 Å². The minimum absolute atomic E-state index is 0.151. The summed E-state index contributed by atoms with van der Waals surface area (Å²) >= 11 is 0. The highest BCUT2D eigenvalue weighted by molar-refractivity contribution is 5.39. The lowest BCUT2D eigenvalue weighted by molar-refractivity contribution is 0.210. The van der Waals surface area contributed by atoms with E-state index in [1.165, 1.54) is 0 Å². The molecule has 0 radical (unpaired) electrons. The normalized spacial score (nSPS) is 18.2. The Kier molecular flexibility index (Phi) is 1.83. The topological polar surface area (TPSA) is 37.5 Å². The molecule has 15 heavy (non-hydrogen) atoms. The van der Waals surface area contributed by atoms with E-state index in [-0.39, 0.29) is 5.41 Å². The van der Waals surface area contributed by atoms with Crippen LogP contribution < -0.4 is 0 Å². The largest absolute Gasteiger partial charge is 0.396 e. The third kappa shape index (κ3) is 1.53. The number of aromatic nitrogens is 2. The van der Waals surface area contributed by atoms with E-state index in [1.807, 2.05) is 28.8 Å². The first-order valence-corrected chi connectivity index (χ1v) is 5.35. The van der Waals surface area contributed by atoms with Gasteiger partial charge in [-0.1, -0.05) is 6.07 Å². The van der Waals surface area contributed by atoms with Gasteiger partial charge in [0.25, 0.3) is 0 Å². The molecule has 0 unspecified atom stereocenters. The van der Waals surface area contributed by atoms with E-state index in [4.69, 9.17) is 0 Å². The van der Waals surface area contributed by atoms with Crippen molar-refractivity contribution in [1.29, 1.82) is 0 Å². The lowest BCUT2D eigenvalue weighted by Gasteiger charge is -2.07. The first-order chi connectivity index (χ1) is 7.31. The van der Waals surface area contributed by atoms with Crippen molar-refractivity contribution in [2.75, 3.05) is 6.61 Å². The number of pyridine rings is 1. The van der Waals surface area contributed by atoms with Crippen molar-refractivity contribution in [2.24, 2.45) is 5.41 Å². The minimum atomic E-state index is 0.151. The molecule has 78 valence electrons. The number of aliphatic hydroxyl groups is 1. The van der Waals surface area contributed by atoms with Gasteiger partial charge in [0.2, 0.25) is 0 Å². The zero-order chi connectivity index (χ0) is 10.3. The number of nitrogens with zero attached hydrogens (tertiary/aromatic N) is 2. The van der Waals surface area contributed by atoms with Crippen molar-refractivity contribution in [3.8, 4) is 0 Å². The van der Waals surface area contributed by atoms with E-state index >= 15 is 0 Å². The van der Waals surface area contributed by atoms with Gasteiger partial charge in [-0.2, -0.15) is 0 Å². The monoisotopic (exact) mass is 202 g/mol. The predicted molar refractivity (Wildman–Crippen MR) is 57.6 cm³/mol. The molecule has 3 heteroatoms. The fraction of sp³-hybridized carbons (Fsp3) is 0.417. The summed E-state index contributed by atoms with van der Waals surface area (Å²) in [5.41, 5.74) is 2.23. The van der Waals surface area contributed by atoms with Crippen LogP contribution in [0.4, 0.5) is 0 Å².